The van der Waals surface area contributed by atoms with Crippen molar-refractivity contribution in [2.75, 3.05) is 36.1 Å². The number of amides is 2. The van der Waals surface area contributed by atoms with Gasteiger partial charge in [0.05, 0.1) is 11.4 Å². The molecule has 2 amide bonds. The molecule has 1 fully saturated rings. The molecular formula is C21H23N3O2S2. The summed E-state index contributed by atoms with van der Waals surface area (Å²) in [5.41, 5.74) is 2.11. The summed E-state index contributed by atoms with van der Waals surface area (Å²) >= 11 is 3.30. The van der Waals surface area contributed by atoms with E-state index in [2.05, 4.69) is 9.62 Å². The Kier molecular flexibility index (Phi) is 5.94. The molecule has 2 aliphatic heterocycles. The third kappa shape index (κ3) is 4.37. The fraction of sp³-hybridized carbons (Fsp3) is 0.333. The van der Waals surface area contributed by atoms with Crippen LogP contribution in [0, 0.1) is 0 Å². The van der Waals surface area contributed by atoms with E-state index in [0.717, 1.165) is 29.4 Å². The van der Waals surface area contributed by atoms with Gasteiger partial charge >= 0.3 is 0 Å². The molecule has 0 spiro atoms. The predicted molar refractivity (Wildman–Crippen MR) is 116 cm³/mol. The first kappa shape index (κ1) is 19.4. The van der Waals surface area contributed by atoms with Gasteiger partial charge in [-0.05, 0) is 67.3 Å². The molecule has 0 unspecified atom stereocenters. The minimum absolute atomic E-state index is 0.0526. The number of hydrogen-bond acceptors (Lipinski definition) is 5. The maximum atomic E-state index is 12.7. The van der Waals surface area contributed by atoms with E-state index in [4.69, 9.17) is 0 Å². The Bertz CT molecular complexity index is 880. The SMILES string of the molecule is CN1C(=O)CSc2ccc(C(=O)Nc3ccc(SN4CCCCC4)cc3)cc21. The summed E-state index contributed by atoms with van der Waals surface area (Å²) < 4.78 is 2.40. The first-order valence-corrected chi connectivity index (χ1v) is 11.2. The third-order valence-electron chi connectivity index (χ3n) is 4.97. The Morgan fingerprint density at radius 3 is 2.57 bits per heavy atom. The lowest BCUT2D eigenvalue weighted by Gasteiger charge is -2.25. The summed E-state index contributed by atoms with van der Waals surface area (Å²) in [6, 6.07) is 13.5. The number of anilines is 2. The monoisotopic (exact) mass is 413 g/mol. The summed E-state index contributed by atoms with van der Waals surface area (Å²) in [5.74, 6) is 0.323. The molecule has 7 heteroatoms. The Balaban J connectivity index is 1.41. The number of nitrogens with one attached hydrogen (secondary N) is 1. The number of benzene rings is 2. The number of piperidine rings is 1. The van der Waals surface area contributed by atoms with Crippen molar-refractivity contribution in [1.29, 1.82) is 0 Å². The second-order valence-electron chi connectivity index (χ2n) is 6.98. The van der Waals surface area contributed by atoms with Crippen molar-refractivity contribution in [3.05, 3.63) is 48.0 Å². The molecule has 0 bridgehead atoms. The van der Waals surface area contributed by atoms with Gasteiger partial charge in [0.15, 0.2) is 0 Å². The van der Waals surface area contributed by atoms with E-state index in [-0.39, 0.29) is 11.8 Å². The maximum absolute atomic E-state index is 12.7. The van der Waals surface area contributed by atoms with Crippen LogP contribution in [0.15, 0.2) is 52.3 Å². The number of fused-ring (bicyclic) bond motifs is 1. The minimum Gasteiger partial charge on any atom is -0.322 e. The Morgan fingerprint density at radius 2 is 1.82 bits per heavy atom. The van der Waals surface area contributed by atoms with Gasteiger partial charge in [-0.25, -0.2) is 4.31 Å². The molecule has 2 aromatic rings. The van der Waals surface area contributed by atoms with E-state index in [9.17, 15) is 9.59 Å². The standard InChI is InChI=1S/C21H23N3O2S2/c1-23-18-13-15(5-10-19(18)27-14-20(23)25)21(26)22-16-6-8-17(9-7-16)28-24-11-3-2-4-12-24/h5-10,13H,2-4,11-12,14H2,1H3,(H,22,26). The second-order valence-corrected chi connectivity index (χ2v) is 9.17. The molecule has 0 atom stereocenters. The van der Waals surface area contributed by atoms with E-state index in [1.165, 1.54) is 35.9 Å². The first-order valence-electron chi connectivity index (χ1n) is 9.48. The van der Waals surface area contributed by atoms with E-state index < -0.39 is 0 Å². The van der Waals surface area contributed by atoms with Gasteiger partial charge in [-0.15, -0.1) is 11.8 Å². The van der Waals surface area contributed by atoms with E-state index >= 15 is 0 Å². The highest BCUT2D eigenvalue weighted by Crippen LogP contribution is 2.35. The lowest BCUT2D eigenvalue weighted by Crippen LogP contribution is -2.31. The van der Waals surface area contributed by atoms with Gasteiger partial charge in [-0.3, -0.25) is 9.59 Å². The van der Waals surface area contributed by atoms with Gasteiger partial charge in [0.2, 0.25) is 5.91 Å². The van der Waals surface area contributed by atoms with Crippen molar-refractivity contribution in [1.82, 2.24) is 4.31 Å². The lowest BCUT2D eigenvalue weighted by molar-refractivity contribution is -0.116. The molecule has 1 saturated heterocycles. The Labute approximate surface area is 174 Å². The minimum atomic E-state index is -0.171. The van der Waals surface area contributed by atoms with E-state index in [1.54, 1.807) is 30.0 Å². The van der Waals surface area contributed by atoms with E-state index in [0.29, 0.717) is 11.3 Å². The third-order valence-corrected chi connectivity index (χ3v) is 7.12. The van der Waals surface area contributed by atoms with Gasteiger partial charge in [-0.2, -0.15) is 0 Å². The van der Waals surface area contributed by atoms with Gasteiger partial charge in [0.1, 0.15) is 0 Å². The number of hydrogen-bond donors (Lipinski definition) is 1. The predicted octanol–water partition coefficient (Wildman–Crippen LogP) is 4.50. The fourth-order valence-electron chi connectivity index (χ4n) is 3.32. The van der Waals surface area contributed by atoms with Crippen LogP contribution >= 0.6 is 23.7 Å². The molecule has 5 nitrogen and oxygen atoms in total. The number of rotatable bonds is 4. The van der Waals surface area contributed by atoms with Crippen molar-refractivity contribution in [2.24, 2.45) is 0 Å². The average molecular weight is 414 g/mol. The van der Waals surface area contributed by atoms with Crippen molar-refractivity contribution in [3.63, 3.8) is 0 Å². The molecule has 0 saturated carbocycles. The molecule has 0 aliphatic carbocycles. The highest BCUT2D eigenvalue weighted by molar-refractivity contribution is 8.00. The normalized spacial score (nSPS) is 17.3. The number of carbonyl (C=O) groups excluding carboxylic acids is 2. The van der Waals surface area contributed by atoms with Crippen LogP contribution in [-0.2, 0) is 4.79 Å². The molecule has 0 aromatic heterocycles. The molecule has 0 radical (unpaired) electrons. The van der Waals surface area contributed by atoms with Crippen molar-refractivity contribution >= 4 is 46.9 Å². The zero-order chi connectivity index (χ0) is 19.5. The Hall–Kier alpha value is -1.96. The quantitative estimate of drug-likeness (QED) is 0.748. The van der Waals surface area contributed by atoms with Gasteiger partial charge in [0.25, 0.3) is 5.91 Å². The highest BCUT2D eigenvalue weighted by Gasteiger charge is 2.22. The van der Waals surface area contributed by atoms with Crippen LogP contribution in [0.3, 0.4) is 0 Å². The van der Waals surface area contributed by atoms with Gasteiger partial charge < -0.3 is 10.2 Å². The number of carbonyl (C=O) groups is 2. The molecule has 2 heterocycles. The summed E-state index contributed by atoms with van der Waals surface area (Å²) in [6.45, 7) is 2.27. The first-order chi connectivity index (χ1) is 13.6. The highest BCUT2D eigenvalue weighted by atomic mass is 32.2. The second kappa shape index (κ2) is 8.59. The summed E-state index contributed by atoms with van der Waals surface area (Å²) in [4.78, 5) is 28.4. The topological polar surface area (TPSA) is 52.7 Å². The van der Waals surface area contributed by atoms with Gasteiger partial charge in [-0.1, -0.05) is 6.42 Å². The number of nitrogens with zero attached hydrogens (tertiary/aromatic N) is 2. The summed E-state index contributed by atoms with van der Waals surface area (Å²) in [7, 11) is 1.75. The largest absolute Gasteiger partial charge is 0.322 e. The van der Waals surface area contributed by atoms with Crippen LogP contribution in [0.4, 0.5) is 11.4 Å². The van der Waals surface area contributed by atoms with Crippen LogP contribution in [0.2, 0.25) is 0 Å². The molecule has 2 aliphatic rings. The van der Waals surface area contributed by atoms with Crippen molar-refractivity contribution < 1.29 is 9.59 Å². The Morgan fingerprint density at radius 1 is 1.07 bits per heavy atom. The molecule has 1 N–H and O–H groups in total. The van der Waals surface area contributed by atoms with Gasteiger partial charge in [0, 0.05) is 41.2 Å². The summed E-state index contributed by atoms with van der Waals surface area (Å²) in [6.07, 6.45) is 3.86. The van der Waals surface area contributed by atoms with Crippen LogP contribution < -0.4 is 10.2 Å². The molecule has 146 valence electrons. The van der Waals surface area contributed by atoms with Crippen LogP contribution in [-0.4, -0.2) is 42.0 Å². The van der Waals surface area contributed by atoms with E-state index in [1.807, 2.05) is 36.4 Å². The lowest BCUT2D eigenvalue weighted by atomic mass is 10.1. The maximum Gasteiger partial charge on any atom is 0.255 e. The van der Waals surface area contributed by atoms with Crippen molar-refractivity contribution in [3.8, 4) is 0 Å². The molecular weight excluding hydrogens is 390 g/mol. The van der Waals surface area contributed by atoms with Crippen molar-refractivity contribution in [2.45, 2.75) is 29.1 Å². The number of thioether (sulfide) groups is 1. The average Bonchev–Trinajstić information content (AvgIpc) is 2.73. The zero-order valence-corrected chi connectivity index (χ0v) is 17.4. The summed E-state index contributed by atoms with van der Waals surface area (Å²) in [5, 5.41) is 2.95. The van der Waals surface area contributed by atoms with Crippen LogP contribution in [0.1, 0.15) is 29.6 Å². The van der Waals surface area contributed by atoms with Crippen LogP contribution in [0.5, 0.6) is 0 Å². The fourth-order valence-corrected chi connectivity index (χ4v) is 5.30. The molecule has 4 rings (SSSR count). The smallest absolute Gasteiger partial charge is 0.255 e. The zero-order valence-electron chi connectivity index (χ0n) is 15.8. The molecule has 28 heavy (non-hydrogen) atoms. The molecule has 2 aromatic carbocycles. The van der Waals surface area contributed by atoms with Crippen LogP contribution in [0.25, 0.3) is 0 Å².